The third-order valence-electron chi connectivity index (χ3n) is 3.51. The lowest BCUT2D eigenvalue weighted by molar-refractivity contribution is -0.124. The van der Waals surface area contributed by atoms with Gasteiger partial charge in [-0.1, -0.05) is 19.9 Å². The highest BCUT2D eigenvalue weighted by atomic mass is 16.5. The SMILES string of the molecule is COc1ccc2c(c1)CCCC2NC(=O)C(C)C. The molecule has 1 N–H and O–H groups in total. The maximum Gasteiger partial charge on any atom is 0.223 e. The highest BCUT2D eigenvalue weighted by Crippen LogP contribution is 2.32. The fourth-order valence-corrected chi connectivity index (χ4v) is 2.41. The van der Waals surface area contributed by atoms with Crippen LogP contribution in [0.4, 0.5) is 0 Å². The summed E-state index contributed by atoms with van der Waals surface area (Å²) in [4.78, 5) is 11.8. The summed E-state index contributed by atoms with van der Waals surface area (Å²) < 4.78 is 5.25. The van der Waals surface area contributed by atoms with Crippen molar-refractivity contribution < 1.29 is 9.53 Å². The van der Waals surface area contributed by atoms with Gasteiger partial charge >= 0.3 is 0 Å². The number of benzene rings is 1. The van der Waals surface area contributed by atoms with E-state index in [1.165, 1.54) is 11.1 Å². The molecule has 1 amide bonds. The number of methoxy groups -OCH3 is 1. The van der Waals surface area contributed by atoms with Crippen LogP contribution in [0.25, 0.3) is 0 Å². The number of ether oxygens (including phenoxy) is 1. The number of fused-ring (bicyclic) bond motifs is 1. The zero-order chi connectivity index (χ0) is 13.1. The van der Waals surface area contributed by atoms with E-state index >= 15 is 0 Å². The lowest BCUT2D eigenvalue weighted by Crippen LogP contribution is -2.33. The Morgan fingerprint density at radius 3 is 2.89 bits per heavy atom. The Balaban J connectivity index is 2.20. The number of amides is 1. The van der Waals surface area contributed by atoms with E-state index in [1.807, 2.05) is 19.9 Å². The summed E-state index contributed by atoms with van der Waals surface area (Å²) in [5, 5.41) is 3.13. The van der Waals surface area contributed by atoms with E-state index in [2.05, 4.69) is 17.4 Å². The minimum absolute atomic E-state index is 0.0358. The summed E-state index contributed by atoms with van der Waals surface area (Å²) in [6.45, 7) is 3.85. The first-order valence-electron chi connectivity index (χ1n) is 6.59. The van der Waals surface area contributed by atoms with Gasteiger partial charge in [0.15, 0.2) is 0 Å². The number of hydrogen-bond acceptors (Lipinski definition) is 2. The molecule has 1 aromatic carbocycles. The highest BCUT2D eigenvalue weighted by Gasteiger charge is 2.22. The smallest absolute Gasteiger partial charge is 0.223 e. The van der Waals surface area contributed by atoms with Crippen molar-refractivity contribution >= 4 is 5.91 Å². The van der Waals surface area contributed by atoms with E-state index in [9.17, 15) is 4.79 Å². The lowest BCUT2D eigenvalue weighted by atomic mass is 9.87. The van der Waals surface area contributed by atoms with Gasteiger partial charge in [-0.25, -0.2) is 0 Å². The molecule has 0 bridgehead atoms. The van der Waals surface area contributed by atoms with Crippen LogP contribution in [0.5, 0.6) is 5.75 Å². The number of rotatable bonds is 3. The van der Waals surface area contributed by atoms with Crippen molar-refractivity contribution in [3.05, 3.63) is 29.3 Å². The molecule has 1 unspecified atom stereocenters. The number of aryl methyl sites for hydroxylation is 1. The molecule has 0 aromatic heterocycles. The third kappa shape index (κ3) is 2.66. The van der Waals surface area contributed by atoms with E-state index < -0.39 is 0 Å². The van der Waals surface area contributed by atoms with E-state index in [-0.39, 0.29) is 17.9 Å². The second-order valence-corrected chi connectivity index (χ2v) is 5.17. The average molecular weight is 247 g/mol. The molecule has 0 aliphatic heterocycles. The molecule has 3 nitrogen and oxygen atoms in total. The minimum atomic E-state index is 0.0358. The van der Waals surface area contributed by atoms with Gasteiger partial charge in [-0.3, -0.25) is 4.79 Å². The molecule has 0 radical (unpaired) electrons. The van der Waals surface area contributed by atoms with Crippen LogP contribution in [-0.2, 0) is 11.2 Å². The molecule has 0 saturated carbocycles. The van der Waals surface area contributed by atoms with Gasteiger partial charge in [0.25, 0.3) is 0 Å². The number of carbonyl (C=O) groups is 1. The van der Waals surface area contributed by atoms with Crippen molar-refractivity contribution in [1.29, 1.82) is 0 Å². The second-order valence-electron chi connectivity index (χ2n) is 5.17. The van der Waals surface area contributed by atoms with E-state index in [0.29, 0.717) is 0 Å². The largest absolute Gasteiger partial charge is 0.497 e. The molecule has 0 spiro atoms. The van der Waals surface area contributed by atoms with Crippen LogP contribution in [0.15, 0.2) is 18.2 Å². The fraction of sp³-hybridized carbons (Fsp3) is 0.533. The zero-order valence-electron chi connectivity index (χ0n) is 11.3. The Labute approximate surface area is 109 Å². The normalized spacial score (nSPS) is 18.3. The highest BCUT2D eigenvalue weighted by molar-refractivity contribution is 5.78. The molecule has 18 heavy (non-hydrogen) atoms. The Hall–Kier alpha value is -1.51. The number of carbonyl (C=O) groups excluding carboxylic acids is 1. The minimum Gasteiger partial charge on any atom is -0.497 e. The second kappa shape index (κ2) is 5.42. The van der Waals surface area contributed by atoms with Gasteiger partial charge in [-0.2, -0.15) is 0 Å². The monoisotopic (exact) mass is 247 g/mol. The van der Waals surface area contributed by atoms with Crippen molar-refractivity contribution in [3.63, 3.8) is 0 Å². The van der Waals surface area contributed by atoms with Crippen LogP contribution in [0.1, 0.15) is 43.9 Å². The predicted octanol–water partition coefficient (Wildman–Crippen LogP) is 2.84. The maximum atomic E-state index is 11.8. The Morgan fingerprint density at radius 1 is 1.44 bits per heavy atom. The Kier molecular flexibility index (Phi) is 3.90. The third-order valence-corrected chi connectivity index (χ3v) is 3.51. The van der Waals surface area contributed by atoms with Crippen molar-refractivity contribution in [2.24, 2.45) is 5.92 Å². The summed E-state index contributed by atoms with van der Waals surface area (Å²) in [5.74, 6) is 1.06. The molecule has 0 fully saturated rings. The maximum absolute atomic E-state index is 11.8. The first-order chi connectivity index (χ1) is 8.61. The van der Waals surface area contributed by atoms with Crippen LogP contribution in [-0.4, -0.2) is 13.0 Å². The molecule has 0 saturated heterocycles. The summed E-state index contributed by atoms with van der Waals surface area (Å²) in [6, 6.07) is 6.30. The molecule has 1 aliphatic carbocycles. The lowest BCUT2D eigenvalue weighted by Gasteiger charge is -2.27. The summed E-state index contributed by atoms with van der Waals surface area (Å²) >= 11 is 0. The van der Waals surface area contributed by atoms with Gasteiger partial charge in [-0.05, 0) is 42.5 Å². The van der Waals surface area contributed by atoms with Crippen LogP contribution >= 0.6 is 0 Å². The molecular formula is C15H21NO2. The Morgan fingerprint density at radius 2 is 2.22 bits per heavy atom. The van der Waals surface area contributed by atoms with Gasteiger partial charge in [0.1, 0.15) is 5.75 Å². The molecule has 1 atom stereocenters. The van der Waals surface area contributed by atoms with Gasteiger partial charge in [0, 0.05) is 5.92 Å². The van der Waals surface area contributed by atoms with E-state index in [0.717, 1.165) is 25.0 Å². The van der Waals surface area contributed by atoms with Crippen molar-refractivity contribution in [2.75, 3.05) is 7.11 Å². The molecule has 1 aromatic rings. The number of nitrogens with one attached hydrogen (secondary N) is 1. The molecular weight excluding hydrogens is 226 g/mol. The van der Waals surface area contributed by atoms with Crippen molar-refractivity contribution in [1.82, 2.24) is 5.32 Å². The van der Waals surface area contributed by atoms with Gasteiger partial charge < -0.3 is 10.1 Å². The summed E-state index contributed by atoms with van der Waals surface area (Å²) in [7, 11) is 1.68. The van der Waals surface area contributed by atoms with Gasteiger partial charge in [-0.15, -0.1) is 0 Å². The average Bonchev–Trinajstić information content (AvgIpc) is 2.38. The molecule has 98 valence electrons. The van der Waals surface area contributed by atoms with Crippen LogP contribution < -0.4 is 10.1 Å². The first-order valence-corrected chi connectivity index (χ1v) is 6.59. The van der Waals surface area contributed by atoms with Crippen LogP contribution in [0.2, 0.25) is 0 Å². The summed E-state index contributed by atoms with van der Waals surface area (Å²) in [5.41, 5.74) is 2.55. The van der Waals surface area contributed by atoms with E-state index in [4.69, 9.17) is 4.74 Å². The fourth-order valence-electron chi connectivity index (χ4n) is 2.41. The first kappa shape index (κ1) is 12.9. The predicted molar refractivity (Wildman–Crippen MR) is 71.7 cm³/mol. The van der Waals surface area contributed by atoms with Gasteiger partial charge in [0.2, 0.25) is 5.91 Å². The molecule has 0 heterocycles. The topological polar surface area (TPSA) is 38.3 Å². The Bertz CT molecular complexity index is 440. The summed E-state index contributed by atoms with van der Waals surface area (Å²) in [6.07, 6.45) is 3.21. The van der Waals surface area contributed by atoms with Crippen molar-refractivity contribution in [2.45, 2.75) is 39.2 Å². The molecule has 1 aliphatic rings. The van der Waals surface area contributed by atoms with E-state index in [1.54, 1.807) is 7.11 Å². The molecule has 2 rings (SSSR count). The molecule has 3 heteroatoms. The zero-order valence-corrected chi connectivity index (χ0v) is 11.3. The van der Waals surface area contributed by atoms with Gasteiger partial charge in [0.05, 0.1) is 13.2 Å². The van der Waals surface area contributed by atoms with Crippen LogP contribution in [0, 0.1) is 5.92 Å². The van der Waals surface area contributed by atoms with Crippen LogP contribution in [0.3, 0.4) is 0 Å². The van der Waals surface area contributed by atoms with Crippen molar-refractivity contribution in [3.8, 4) is 5.75 Å². The number of hydrogen-bond donors (Lipinski definition) is 1. The standard InChI is InChI=1S/C15H21NO2/c1-10(2)15(17)16-14-6-4-5-11-9-12(18-3)7-8-13(11)14/h7-10,14H,4-6H2,1-3H3,(H,16,17). The quantitative estimate of drug-likeness (QED) is 0.892.